The van der Waals surface area contributed by atoms with E-state index in [0.29, 0.717) is 44.7 Å². The van der Waals surface area contributed by atoms with Crippen LogP contribution in [0.1, 0.15) is 33.2 Å². The second-order valence-corrected chi connectivity index (χ2v) is 8.88. The minimum absolute atomic E-state index is 0.194. The molecule has 1 unspecified atom stereocenters. The number of likely N-dealkylation sites (N-methyl/N-ethyl adjacent to an activating group) is 1. The summed E-state index contributed by atoms with van der Waals surface area (Å²) in [5.74, 6) is 0.717. The zero-order valence-electron chi connectivity index (χ0n) is 19.7. The predicted octanol–water partition coefficient (Wildman–Crippen LogP) is 3.37. The number of ether oxygens (including phenoxy) is 2. The Morgan fingerprint density at radius 1 is 1.09 bits per heavy atom. The summed E-state index contributed by atoms with van der Waals surface area (Å²) >= 11 is 0. The summed E-state index contributed by atoms with van der Waals surface area (Å²) in [6.07, 6.45) is 0. The number of aryl methyl sites for hydroxylation is 1. The van der Waals surface area contributed by atoms with Gasteiger partial charge in [0.25, 0.3) is 11.5 Å². The molecular formula is C27H24BFN2O4. The minimum Gasteiger partial charge on any atom is -0.457 e. The van der Waals surface area contributed by atoms with E-state index in [9.17, 15) is 14.0 Å². The topological polar surface area (TPSA) is 71.6 Å². The van der Waals surface area contributed by atoms with Gasteiger partial charge in [-0.2, -0.15) is 0 Å². The van der Waals surface area contributed by atoms with Crippen LogP contribution in [0, 0.1) is 12.7 Å². The molecule has 0 bridgehead atoms. The quantitative estimate of drug-likeness (QED) is 0.465. The first-order valence-electron chi connectivity index (χ1n) is 11.4. The normalized spacial score (nSPS) is 15.0. The number of rotatable bonds is 4. The molecule has 2 heterocycles. The molecule has 0 aliphatic carbocycles. The number of aromatic amines is 1. The lowest BCUT2D eigenvalue weighted by molar-refractivity contribution is 0.0335. The van der Waals surface area contributed by atoms with Crippen molar-refractivity contribution in [2.75, 3.05) is 13.7 Å². The standard InChI is InChI=1S/C27H24BFN2O4/c1-15-11-21-20(12-22(15)29)25-23(30-26(21)32)13-34-14-24(25)31(2)27(33)16-3-7-18(8-4-16)35-19-9-5-17(28)6-10-19/h3-12,24H,13-14,28H2,1-2H3,(H,30,32). The molecule has 35 heavy (non-hydrogen) atoms. The van der Waals surface area contributed by atoms with Gasteiger partial charge < -0.3 is 19.4 Å². The van der Waals surface area contributed by atoms with Gasteiger partial charge in [0.15, 0.2) is 0 Å². The fourth-order valence-electron chi connectivity index (χ4n) is 4.44. The van der Waals surface area contributed by atoms with E-state index in [2.05, 4.69) is 4.98 Å². The van der Waals surface area contributed by atoms with E-state index >= 15 is 0 Å². The molecule has 1 aromatic heterocycles. The molecule has 4 aromatic rings. The SMILES string of the molecule is Bc1ccc(Oc2ccc(C(=O)N(C)C3COCc4[nH]c(=O)c5cc(C)c(F)cc5c43)cc2)cc1. The van der Waals surface area contributed by atoms with Crippen LogP contribution < -0.4 is 15.8 Å². The molecule has 0 spiro atoms. The smallest absolute Gasteiger partial charge is 0.256 e. The first-order chi connectivity index (χ1) is 16.8. The van der Waals surface area contributed by atoms with Gasteiger partial charge in [0.05, 0.1) is 19.3 Å². The van der Waals surface area contributed by atoms with Crippen molar-refractivity contribution in [1.29, 1.82) is 0 Å². The Morgan fingerprint density at radius 2 is 1.74 bits per heavy atom. The largest absolute Gasteiger partial charge is 0.457 e. The van der Waals surface area contributed by atoms with Crippen LogP contribution in [-0.2, 0) is 11.3 Å². The third-order valence-corrected chi connectivity index (χ3v) is 6.42. The Hall–Kier alpha value is -3.91. The molecule has 0 saturated carbocycles. The number of hydrogen-bond donors (Lipinski definition) is 1. The lowest BCUT2D eigenvalue weighted by atomic mass is 9.94. The zero-order valence-corrected chi connectivity index (χ0v) is 19.7. The van der Waals surface area contributed by atoms with E-state index in [1.54, 1.807) is 49.2 Å². The molecule has 3 aromatic carbocycles. The molecular weight excluding hydrogens is 446 g/mol. The lowest BCUT2D eigenvalue weighted by Crippen LogP contribution is -2.37. The molecule has 1 amide bonds. The summed E-state index contributed by atoms with van der Waals surface area (Å²) < 4.78 is 26.0. The molecule has 176 valence electrons. The maximum Gasteiger partial charge on any atom is 0.256 e. The van der Waals surface area contributed by atoms with Gasteiger partial charge in [-0.05, 0) is 66.4 Å². The molecule has 0 radical (unpaired) electrons. The van der Waals surface area contributed by atoms with E-state index in [1.807, 2.05) is 32.1 Å². The number of aromatic nitrogens is 1. The number of hydrogen-bond acceptors (Lipinski definition) is 4. The third-order valence-electron chi connectivity index (χ3n) is 6.42. The summed E-state index contributed by atoms with van der Waals surface area (Å²) in [4.78, 5) is 30.4. The number of halogens is 1. The number of carbonyl (C=O) groups excluding carboxylic acids is 1. The summed E-state index contributed by atoms with van der Waals surface area (Å²) in [6.45, 7) is 2.05. The van der Waals surface area contributed by atoms with Crippen molar-refractivity contribution in [1.82, 2.24) is 9.88 Å². The van der Waals surface area contributed by atoms with Gasteiger partial charge in [-0.1, -0.05) is 17.6 Å². The van der Waals surface area contributed by atoms with Gasteiger partial charge >= 0.3 is 0 Å². The maximum atomic E-state index is 14.5. The van der Waals surface area contributed by atoms with E-state index in [4.69, 9.17) is 9.47 Å². The number of nitrogens with zero attached hydrogens (tertiary/aromatic N) is 1. The van der Waals surface area contributed by atoms with Crippen molar-refractivity contribution < 1.29 is 18.7 Å². The van der Waals surface area contributed by atoms with Crippen molar-refractivity contribution in [3.63, 3.8) is 0 Å². The van der Waals surface area contributed by atoms with Crippen LogP contribution in [0.4, 0.5) is 4.39 Å². The van der Waals surface area contributed by atoms with Crippen LogP contribution in [0.3, 0.4) is 0 Å². The van der Waals surface area contributed by atoms with Gasteiger partial charge in [-0.15, -0.1) is 0 Å². The number of nitrogens with one attached hydrogen (secondary N) is 1. The molecule has 0 fully saturated rings. The highest BCUT2D eigenvalue weighted by molar-refractivity contribution is 6.32. The molecule has 1 aliphatic heterocycles. The van der Waals surface area contributed by atoms with Crippen LogP contribution in [0.15, 0.2) is 65.5 Å². The first-order valence-corrected chi connectivity index (χ1v) is 11.4. The predicted molar refractivity (Wildman–Crippen MR) is 135 cm³/mol. The van der Waals surface area contributed by atoms with Crippen LogP contribution >= 0.6 is 0 Å². The Balaban J connectivity index is 1.44. The summed E-state index contributed by atoms with van der Waals surface area (Å²) in [5, 5.41) is 0.898. The van der Waals surface area contributed by atoms with Crippen molar-refractivity contribution in [3.8, 4) is 11.5 Å². The van der Waals surface area contributed by atoms with Crippen molar-refractivity contribution in [2.45, 2.75) is 19.6 Å². The fourth-order valence-corrected chi connectivity index (χ4v) is 4.44. The fraction of sp³-hybridized carbons (Fsp3) is 0.185. The van der Waals surface area contributed by atoms with Gasteiger partial charge in [0.1, 0.15) is 25.2 Å². The van der Waals surface area contributed by atoms with Crippen LogP contribution in [0.2, 0.25) is 0 Å². The summed E-state index contributed by atoms with van der Waals surface area (Å²) in [7, 11) is 3.69. The monoisotopic (exact) mass is 470 g/mol. The zero-order chi connectivity index (χ0) is 24.7. The molecule has 1 atom stereocenters. The highest BCUT2D eigenvalue weighted by Crippen LogP contribution is 2.34. The number of H-pyrrole nitrogens is 1. The number of amides is 1. The highest BCUT2D eigenvalue weighted by atomic mass is 19.1. The summed E-state index contributed by atoms with van der Waals surface area (Å²) in [6, 6.07) is 17.1. The summed E-state index contributed by atoms with van der Waals surface area (Å²) in [5.41, 5.74) is 2.98. The number of benzene rings is 3. The van der Waals surface area contributed by atoms with Gasteiger partial charge in [0, 0.05) is 29.3 Å². The Bertz CT molecular complexity index is 1480. The van der Waals surface area contributed by atoms with E-state index in [1.165, 1.54) is 6.07 Å². The average Bonchev–Trinajstić information content (AvgIpc) is 2.86. The Labute approximate surface area is 202 Å². The van der Waals surface area contributed by atoms with Crippen LogP contribution in [0.25, 0.3) is 10.8 Å². The van der Waals surface area contributed by atoms with Crippen LogP contribution in [0.5, 0.6) is 11.5 Å². The molecule has 0 saturated heterocycles. The lowest BCUT2D eigenvalue weighted by Gasteiger charge is -2.34. The Kier molecular flexibility index (Phi) is 5.90. The molecule has 1 aliphatic rings. The van der Waals surface area contributed by atoms with E-state index in [-0.39, 0.29) is 24.7 Å². The first kappa shape index (κ1) is 22.9. The molecule has 6 nitrogen and oxygen atoms in total. The van der Waals surface area contributed by atoms with Crippen molar-refractivity contribution >= 4 is 30.0 Å². The Morgan fingerprint density at radius 3 is 2.43 bits per heavy atom. The second-order valence-electron chi connectivity index (χ2n) is 8.88. The van der Waals surface area contributed by atoms with Gasteiger partial charge in [-0.25, -0.2) is 4.39 Å². The van der Waals surface area contributed by atoms with E-state index in [0.717, 1.165) is 5.46 Å². The minimum atomic E-state index is -0.490. The molecule has 1 N–H and O–H groups in total. The number of carbonyl (C=O) groups is 1. The van der Waals surface area contributed by atoms with Gasteiger partial charge in [0.2, 0.25) is 0 Å². The third kappa shape index (κ3) is 4.33. The van der Waals surface area contributed by atoms with E-state index < -0.39 is 11.9 Å². The highest BCUT2D eigenvalue weighted by Gasteiger charge is 2.31. The number of pyridine rings is 1. The second kappa shape index (κ2) is 9.04. The van der Waals surface area contributed by atoms with Crippen molar-refractivity contribution in [3.05, 3.63) is 99.2 Å². The maximum absolute atomic E-state index is 14.5. The van der Waals surface area contributed by atoms with Crippen LogP contribution in [-0.4, -0.2) is 37.3 Å². The molecule has 5 rings (SSSR count). The number of fused-ring (bicyclic) bond motifs is 3. The molecule has 8 heteroatoms. The average molecular weight is 470 g/mol. The van der Waals surface area contributed by atoms with Gasteiger partial charge in [-0.3, -0.25) is 9.59 Å². The van der Waals surface area contributed by atoms with Crippen molar-refractivity contribution in [2.24, 2.45) is 0 Å².